The predicted octanol–water partition coefficient (Wildman–Crippen LogP) is 2.20. The molecule has 0 radical (unpaired) electrons. The molecule has 0 atom stereocenters. The minimum atomic E-state index is 0.590. The predicted molar refractivity (Wildman–Crippen MR) is 73.1 cm³/mol. The Morgan fingerprint density at radius 1 is 1.06 bits per heavy atom. The molecule has 1 aromatic heterocycles. The van der Waals surface area contributed by atoms with Gasteiger partial charge >= 0.3 is 0 Å². The minimum absolute atomic E-state index is 0.590. The molecule has 4 heteroatoms. The quantitative estimate of drug-likeness (QED) is 0.877. The lowest BCUT2D eigenvalue weighted by molar-refractivity contribution is 0.216. The number of hydrogen-bond donors (Lipinski definition) is 1. The van der Waals surface area contributed by atoms with Crippen LogP contribution in [0.1, 0.15) is 25.1 Å². The van der Waals surface area contributed by atoms with Crippen molar-refractivity contribution in [2.45, 2.75) is 25.8 Å². The molecule has 1 aliphatic heterocycles. The van der Waals surface area contributed by atoms with Crippen LogP contribution in [0.5, 0.6) is 0 Å². The third kappa shape index (κ3) is 2.29. The van der Waals surface area contributed by atoms with Crippen LogP contribution in [-0.2, 0) is 6.54 Å². The third-order valence-electron chi connectivity index (χ3n) is 3.49. The second-order valence-corrected chi connectivity index (χ2v) is 4.88. The smallest absolute Gasteiger partial charge is 0.145 e. The van der Waals surface area contributed by atoms with E-state index in [0.717, 1.165) is 36.4 Å². The Bertz CT molecular complexity index is 546. The van der Waals surface area contributed by atoms with Crippen molar-refractivity contribution in [3.8, 4) is 0 Å². The minimum Gasteiger partial charge on any atom is -0.383 e. The van der Waals surface area contributed by atoms with Gasteiger partial charge < -0.3 is 5.73 Å². The Kier molecular flexibility index (Phi) is 3.11. The Labute approximate surface area is 107 Å². The Morgan fingerprint density at radius 2 is 1.83 bits per heavy atom. The molecule has 94 valence electrons. The molecule has 0 aliphatic carbocycles. The number of likely N-dealkylation sites (tertiary alicyclic amines) is 1. The second-order valence-electron chi connectivity index (χ2n) is 4.88. The van der Waals surface area contributed by atoms with E-state index in [1.54, 1.807) is 0 Å². The highest BCUT2D eigenvalue weighted by atomic mass is 15.1. The third-order valence-corrected chi connectivity index (χ3v) is 3.49. The van der Waals surface area contributed by atoms with E-state index in [1.807, 2.05) is 24.3 Å². The summed E-state index contributed by atoms with van der Waals surface area (Å²) >= 11 is 0. The van der Waals surface area contributed by atoms with E-state index in [9.17, 15) is 0 Å². The van der Waals surface area contributed by atoms with Crippen LogP contribution in [0, 0.1) is 0 Å². The molecule has 0 spiro atoms. The number of anilines is 1. The van der Waals surface area contributed by atoms with Gasteiger partial charge in [0.2, 0.25) is 0 Å². The number of rotatable bonds is 2. The van der Waals surface area contributed by atoms with E-state index in [2.05, 4.69) is 14.9 Å². The van der Waals surface area contributed by atoms with Crippen LogP contribution in [0.4, 0.5) is 5.82 Å². The van der Waals surface area contributed by atoms with E-state index in [-0.39, 0.29) is 0 Å². The fraction of sp³-hybridized carbons (Fsp3) is 0.429. The van der Waals surface area contributed by atoms with Crippen LogP contribution >= 0.6 is 0 Å². The highest BCUT2D eigenvalue weighted by Crippen LogP contribution is 2.18. The van der Waals surface area contributed by atoms with Gasteiger partial charge in [0.15, 0.2) is 0 Å². The van der Waals surface area contributed by atoms with E-state index in [0.29, 0.717) is 5.82 Å². The standard InChI is InChI=1S/C14H18N4/c15-14-11-6-2-3-7-12(11)16-13(17-14)10-18-8-4-1-5-9-18/h2-3,6-7H,1,4-5,8-10H2,(H2,15,16,17). The maximum atomic E-state index is 5.99. The van der Waals surface area contributed by atoms with Crippen molar-refractivity contribution in [2.75, 3.05) is 18.8 Å². The number of nitrogens with zero attached hydrogens (tertiary/aromatic N) is 3. The lowest BCUT2D eigenvalue weighted by Crippen LogP contribution is -2.30. The molecule has 18 heavy (non-hydrogen) atoms. The Hall–Kier alpha value is -1.68. The molecular formula is C14H18N4. The zero-order valence-electron chi connectivity index (χ0n) is 10.5. The van der Waals surface area contributed by atoms with Gasteiger partial charge in [-0.25, -0.2) is 9.97 Å². The van der Waals surface area contributed by atoms with E-state index < -0.39 is 0 Å². The number of para-hydroxylation sites is 1. The normalized spacial score (nSPS) is 17.1. The average Bonchev–Trinajstić information content (AvgIpc) is 2.40. The number of nitrogen functional groups attached to an aromatic ring is 1. The van der Waals surface area contributed by atoms with E-state index in [1.165, 1.54) is 19.3 Å². The summed E-state index contributed by atoms with van der Waals surface area (Å²) in [6.07, 6.45) is 3.91. The number of nitrogens with two attached hydrogens (primary N) is 1. The lowest BCUT2D eigenvalue weighted by atomic mass is 10.1. The first-order valence-corrected chi connectivity index (χ1v) is 6.56. The van der Waals surface area contributed by atoms with Gasteiger partial charge in [0.25, 0.3) is 0 Å². The summed E-state index contributed by atoms with van der Waals surface area (Å²) in [6, 6.07) is 7.91. The Morgan fingerprint density at radius 3 is 2.67 bits per heavy atom. The number of benzene rings is 1. The lowest BCUT2D eigenvalue weighted by Gasteiger charge is -2.25. The van der Waals surface area contributed by atoms with Crippen LogP contribution in [0.3, 0.4) is 0 Å². The van der Waals surface area contributed by atoms with Gasteiger partial charge in [0.05, 0.1) is 12.1 Å². The molecular weight excluding hydrogens is 224 g/mol. The molecule has 0 bridgehead atoms. The fourth-order valence-corrected chi connectivity index (χ4v) is 2.54. The summed E-state index contributed by atoms with van der Waals surface area (Å²) in [6.45, 7) is 3.11. The molecule has 3 rings (SSSR count). The maximum Gasteiger partial charge on any atom is 0.145 e. The average molecular weight is 242 g/mol. The molecule has 0 unspecified atom stereocenters. The van der Waals surface area contributed by atoms with Crippen molar-refractivity contribution in [2.24, 2.45) is 0 Å². The fourth-order valence-electron chi connectivity index (χ4n) is 2.54. The summed E-state index contributed by atoms with van der Waals surface area (Å²) < 4.78 is 0. The summed E-state index contributed by atoms with van der Waals surface area (Å²) in [5, 5.41) is 0.944. The van der Waals surface area contributed by atoms with E-state index >= 15 is 0 Å². The van der Waals surface area contributed by atoms with Gasteiger partial charge in [-0.15, -0.1) is 0 Å². The van der Waals surface area contributed by atoms with Crippen LogP contribution in [0.2, 0.25) is 0 Å². The summed E-state index contributed by atoms with van der Waals surface area (Å²) in [5.41, 5.74) is 6.93. The maximum absolute atomic E-state index is 5.99. The van der Waals surface area contributed by atoms with Gasteiger partial charge in [0, 0.05) is 5.39 Å². The monoisotopic (exact) mass is 242 g/mol. The molecule has 2 aromatic rings. The summed E-state index contributed by atoms with van der Waals surface area (Å²) in [5.74, 6) is 1.43. The molecule has 2 heterocycles. The zero-order valence-corrected chi connectivity index (χ0v) is 10.5. The zero-order chi connectivity index (χ0) is 12.4. The van der Waals surface area contributed by atoms with Gasteiger partial charge in [0.1, 0.15) is 11.6 Å². The van der Waals surface area contributed by atoms with Crippen molar-refractivity contribution in [1.82, 2.24) is 14.9 Å². The first-order chi connectivity index (χ1) is 8.83. The van der Waals surface area contributed by atoms with Crippen molar-refractivity contribution in [1.29, 1.82) is 0 Å². The van der Waals surface area contributed by atoms with Gasteiger partial charge in [-0.05, 0) is 38.1 Å². The van der Waals surface area contributed by atoms with Gasteiger partial charge in [-0.3, -0.25) is 4.90 Å². The molecule has 1 aromatic carbocycles. The molecule has 1 aliphatic rings. The molecule has 4 nitrogen and oxygen atoms in total. The summed E-state index contributed by atoms with van der Waals surface area (Å²) in [7, 11) is 0. The van der Waals surface area contributed by atoms with Crippen molar-refractivity contribution in [3.05, 3.63) is 30.1 Å². The number of hydrogen-bond acceptors (Lipinski definition) is 4. The topological polar surface area (TPSA) is 55.0 Å². The van der Waals surface area contributed by atoms with Crippen LogP contribution in [0.15, 0.2) is 24.3 Å². The Balaban J connectivity index is 1.87. The molecule has 1 fully saturated rings. The molecule has 0 saturated carbocycles. The van der Waals surface area contributed by atoms with Crippen molar-refractivity contribution >= 4 is 16.7 Å². The van der Waals surface area contributed by atoms with Crippen molar-refractivity contribution < 1.29 is 0 Å². The highest BCUT2D eigenvalue weighted by Gasteiger charge is 2.13. The first-order valence-electron chi connectivity index (χ1n) is 6.56. The van der Waals surface area contributed by atoms with Crippen LogP contribution in [0.25, 0.3) is 10.9 Å². The van der Waals surface area contributed by atoms with Gasteiger partial charge in [-0.1, -0.05) is 18.6 Å². The van der Waals surface area contributed by atoms with E-state index in [4.69, 9.17) is 5.73 Å². The second kappa shape index (κ2) is 4.90. The van der Waals surface area contributed by atoms with Crippen molar-refractivity contribution in [3.63, 3.8) is 0 Å². The van der Waals surface area contributed by atoms with Crippen LogP contribution < -0.4 is 5.73 Å². The summed E-state index contributed by atoms with van der Waals surface area (Å²) in [4.78, 5) is 11.4. The van der Waals surface area contributed by atoms with Gasteiger partial charge in [-0.2, -0.15) is 0 Å². The highest BCUT2D eigenvalue weighted by molar-refractivity contribution is 5.87. The molecule has 0 amide bonds. The number of aromatic nitrogens is 2. The number of fused-ring (bicyclic) bond motifs is 1. The molecule has 2 N–H and O–H groups in total. The number of piperidine rings is 1. The molecule has 1 saturated heterocycles. The van der Waals surface area contributed by atoms with Crippen LogP contribution in [-0.4, -0.2) is 28.0 Å². The SMILES string of the molecule is Nc1nc(CN2CCCCC2)nc2ccccc12. The first kappa shape index (κ1) is 11.4. The largest absolute Gasteiger partial charge is 0.383 e.